The van der Waals surface area contributed by atoms with Gasteiger partial charge in [-0.15, -0.1) is 0 Å². The molecule has 5 heteroatoms. The lowest BCUT2D eigenvalue weighted by molar-refractivity contribution is -0.0498. The zero-order valence-electron chi connectivity index (χ0n) is 12.4. The summed E-state index contributed by atoms with van der Waals surface area (Å²) in [5.74, 6) is 0.189. The molecular formula is C16H24F2N2O. The summed E-state index contributed by atoms with van der Waals surface area (Å²) in [5.41, 5.74) is 0.928. The Hall–Kier alpha value is -1.36. The Morgan fingerprint density at radius 1 is 1.24 bits per heavy atom. The van der Waals surface area contributed by atoms with Crippen LogP contribution in [0.4, 0.5) is 14.5 Å². The molecule has 0 aromatic heterocycles. The third-order valence-corrected chi connectivity index (χ3v) is 3.79. The van der Waals surface area contributed by atoms with Crippen molar-refractivity contribution in [2.75, 3.05) is 11.9 Å². The van der Waals surface area contributed by atoms with Crippen molar-refractivity contribution in [2.45, 2.75) is 57.7 Å². The summed E-state index contributed by atoms with van der Waals surface area (Å²) >= 11 is 0. The van der Waals surface area contributed by atoms with Crippen LogP contribution in [-0.4, -0.2) is 25.2 Å². The number of benzene rings is 1. The molecule has 0 spiro atoms. The lowest BCUT2D eigenvalue weighted by Gasteiger charge is -2.22. The van der Waals surface area contributed by atoms with Gasteiger partial charge in [-0.25, -0.2) is 0 Å². The molecule has 2 unspecified atom stereocenters. The van der Waals surface area contributed by atoms with E-state index >= 15 is 0 Å². The molecule has 21 heavy (non-hydrogen) atoms. The molecule has 2 atom stereocenters. The first-order valence-corrected chi connectivity index (χ1v) is 7.68. The fourth-order valence-electron chi connectivity index (χ4n) is 2.80. The molecule has 1 fully saturated rings. The highest BCUT2D eigenvalue weighted by Gasteiger charge is 2.14. The predicted octanol–water partition coefficient (Wildman–Crippen LogP) is 4.01. The fraction of sp³-hybridized carbons (Fsp3) is 0.625. The van der Waals surface area contributed by atoms with Crippen molar-refractivity contribution < 1.29 is 13.5 Å². The number of rotatable bonds is 6. The van der Waals surface area contributed by atoms with Gasteiger partial charge in [0.25, 0.3) is 0 Å². The van der Waals surface area contributed by atoms with Crippen LogP contribution in [0.3, 0.4) is 0 Å². The molecule has 1 aromatic rings. The van der Waals surface area contributed by atoms with Gasteiger partial charge in [-0.2, -0.15) is 8.78 Å². The maximum Gasteiger partial charge on any atom is 0.387 e. The third kappa shape index (κ3) is 5.87. The van der Waals surface area contributed by atoms with Crippen LogP contribution in [0.2, 0.25) is 0 Å². The molecule has 1 saturated heterocycles. The van der Waals surface area contributed by atoms with Crippen molar-refractivity contribution in [3.05, 3.63) is 24.3 Å². The van der Waals surface area contributed by atoms with Gasteiger partial charge in [-0.3, -0.25) is 0 Å². The Morgan fingerprint density at radius 3 is 2.71 bits per heavy atom. The van der Waals surface area contributed by atoms with Crippen molar-refractivity contribution in [3.8, 4) is 5.75 Å². The van der Waals surface area contributed by atoms with Crippen LogP contribution in [0, 0.1) is 0 Å². The molecule has 2 rings (SSSR count). The molecule has 1 aliphatic rings. The Balaban J connectivity index is 1.79. The second-order valence-corrected chi connectivity index (χ2v) is 5.68. The monoisotopic (exact) mass is 298 g/mol. The van der Waals surface area contributed by atoms with E-state index in [2.05, 4.69) is 22.3 Å². The highest BCUT2D eigenvalue weighted by molar-refractivity contribution is 5.47. The topological polar surface area (TPSA) is 33.3 Å². The van der Waals surface area contributed by atoms with Crippen LogP contribution in [0.5, 0.6) is 5.75 Å². The Bertz CT molecular complexity index is 403. The Kier molecular flexibility index (Phi) is 6.23. The largest absolute Gasteiger partial charge is 0.435 e. The van der Waals surface area contributed by atoms with Crippen LogP contribution in [0.25, 0.3) is 0 Å². The van der Waals surface area contributed by atoms with E-state index in [1.807, 2.05) is 0 Å². The minimum Gasteiger partial charge on any atom is -0.435 e. The maximum absolute atomic E-state index is 12.1. The van der Waals surface area contributed by atoms with E-state index in [1.165, 1.54) is 25.7 Å². The van der Waals surface area contributed by atoms with Gasteiger partial charge < -0.3 is 15.4 Å². The van der Waals surface area contributed by atoms with Crippen molar-refractivity contribution >= 4 is 5.69 Å². The average molecular weight is 298 g/mol. The summed E-state index contributed by atoms with van der Waals surface area (Å²) in [6.45, 7) is 0.483. The van der Waals surface area contributed by atoms with E-state index < -0.39 is 6.61 Å². The van der Waals surface area contributed by atoms with Gasteiger partial charge >= 0.3 is 6.61 Å². The third-order valence-electron chi connectivity index (χ3n) is 3.79. The Labute approximate surface area is 125 Å². The number of hydrogen-bond donors (Lipinski definition) is 2. The van der Waals surface area contributed by atoms with Crippen molar-refractivity contribution in [2.24, 2.45) is 0 Å². The number of anilines is 1. The van der Waals surface area contributed by atoms with E-state index in [0.29, 0.717) is 12.1 Å². The normalized spacial score (nSPS) is 20.9. The van der Waals surface area contributed by atoms with Crippen molar-refractivity contribution in [1.82, 2.24) is 5.32 Å². The van der Waals surface area contributed by atoms with Gasteiger partial charge in [0.15, 0.2) is 0 Å². The molecule has 3 nitrogen and oxygen atoms in total. The first kappa shape index (κ1) is 16.0. The number of ether oxygens (including phenoxy) is 1. The van der Waals surface area contributed by atoms with Gasteiger partial charge in [0.1, 0.15) is 5.75 Å². The quantitative estimate of drug-likeness (QED) is 0.832. The van der Waals surface area contributed by atoms with Crippen LogP contribution >= 0.6 is 0 Å². The van der Waals surface area contributed by atoms with E-state index in [-0.39, 0.29) is 5.75 Å². The zero-order chi connectivity index (χ0) is 15.1. The molecule has 0 aliphatic carbocycles. The van der Waals surface area contributed by atoms with E-state index in [4.69, 9.17) is 0 Å². The summed E-state index contributed by atoms with van der Waals surface area (Å²) in [7, 11) is 0. The standard InChI is InChI=1S/C16H24F2N2O/c1-12(11-14-5-3-2-4-10-19-14)20-13-6-8-15(9-7-13)21-16(17)18/h6-9,12,14,16,19-20H,2-5,10-11H2,1H3. The van der Waals surface area contributed by atoms with Crippen molar-refractivity contribution in [1.29, 1.82) is 0 Å². The minimum atomic E-state index is -2.77. The van der Waals surface area contributed by atoms with E-state index in [1.54, 1.807) is 24.3 Å². The summed E-state index contributed by atoms with van der Waals surface area (Å²) in [6, 6.07) is 7.57. The number of halogens is 2. The average Bonchev–Trinajstić information content (AvgIpc) is 2.69. The molecule has 1 aromatic carbocycles. The lowest BCUT2D eigenvalue weighted by Crippen LogP contribution is -2.33. The molecular weight excluding hydrogens is 274 g/mol. The molecule has 0 amide bonds. The molecule has 1 heterocycles. The smallest absolute Gasteiger partial charge is 0.387 e. The minimum absolute atomic E-state index is 0.189. The summed E-state index contributed by atoms with van der Waals surface area (Å²) < 4.78 is 28.5. The lowest BCUT2D eigenvalue weighted by atomic mass is 10.0. The van der Waals surface area contributed by atoms with E-state index in [9.17, 15) is 8.78 Å². The van der Waals surface area contributed by atoms with Crippen LogP contribution < -0.4 is 15.4 Å². The second kappa shape index (κ2) is 8.17. The highest BCUT2D eigenvalue weighted by atomic mass is 19.3. The van der Waals surface area contributed by atoms with Gasteiger partial charge in [0.05, 0.1) is 0 Å². The summed E-state index contributed by atoms with van der Waals surface area (Å²) in [5, 5.41) is 6.99. The van der Waals surface area contributed by atoms with Gasteiger partial charge in [-0.1, -0.05) is 12.8 Å². The molecule has 118 valence electrons. The second-order valence-electron chi connectivity index (χ2n) is 5.68. The molecule has 0 bridgehead atoms. The number of nitrogens with one attached hydrogen (secondary N) is 2. The predicted molar refractivity (Wildman–Crippen MR) is 81.0 cm³/mol. The molecule has 0 saturated carbocycles. The molecule has 1 aliphatic heterocycles. The van der Waals surface area contributed by atoms with Crippen LogP contribution in [-0.2, 0) is 0 Å². The van der Waals surface area contributed by atoms with Crippen LogP contribution in [0.15, 0.2) is 24.3 Å². The van der Waals surface area contributed by atoms with Crippen LogP contribution in [0.1, 0.15) is 39.0 Å². The SMILES string of the molecule is CC(CC1CCCCCN1)Nc1ccc(OC(F)F)cc1. The van der Waals surface area contributed by atoms with Crippen molar-refractivity contribution in [3.63, 3.8) is 0 Å². The highest BCUT2D eigenvalue weighted by Crippen LogP contribution is 2.20. The van der Waals surface area contributed by atoms with Gasteiger partial charge in [0, 0.05) is 17.8 Å². The summed E-state index contributed by atoms with van der Waals surface area (Å²) in [6.07, 6.45) is 6.17. The Morgan fingerprint density at radius 2 is 2.00 bits per heavy atom. The number of hydrogen-bond acceptors (Lipinski definition) is 3. The maximum atomic E-state index is 12.1. The fourth-order valence-corrected chi connectivity index (χ4v) is 2.80. The molecule has 2 N–H and O–H groups in total. The molecule has 0 radical (unpaired) electrons. The zero-order valence-corrected chi connectivity index (χ0v) is 12.4. The summed E-state index contributed by atoms with van der Waals surface area (Å²) in [4.78, 5) is 0. The number of alkyl halides is 2. The van der Waals surface area contributed by atoms with Gasteiger partial charge in [0.2, 0.25) is 0 Å². The first-order chi connectivity index (χ1) is 10.1. The van der Waals surface area contributed by atoms with E-state index in [0.717, 1.165) is 18.7 Å². The first-order valence-electron chi connectivity index (χ1n) is 7.68. The van der Waals surface area contributed by atoms with Gasteiger partial charge in [-0.05, 0) is 57.0 Å².